The van der Waals surface area contributed by atoms with Gasteiger partial charge in [0.1, 0.15) is 5.82 Å². The standard InChI is InChI=1S/C11H9F3N2OS/c1-7(17)18-4-2-3-8-5-9(11(12,13)14)10(15)16-6-8/h5-6H,4H2,1H3,(H2,15,16). The van der Waals surface area contributed by atoms with Crippen molar-refractivity contribution in [3.8, 4) is 11.8 Å². The molecule has 0 atom stereocenters. The number of hydrogen-bond acceptors (Lipinski definition) is 4. The lowest BCUT2D eigenvalue weighted by Gasteiger charge is -2.08. The SMILES string of the molecule is CC(=O)SCC#Cc1cnc(N)c(C(F)(F)F)c1. The number of hydrogen-bond donors (Lipinski definition) is 1. The molecule has 0 aliphatic rings. The van der Waals surface area contributed by atoms with Crippen molar-refractivity contribution in [1.82, 2.24) is 4.98 Å². The average molecular weight is 274 g/mol. The van der Waals surface area contributed by atoms with Crippen molar-refractivity contribution in [3.05, 3.63) is 23.4 Å². The van der Waals surface area contributed by atoms with Crippen molar-refractivity contribution in [2.75, 3.05) is 11.5 Å². The minimum Gasteiger partial charge on any atom is -0.383 e. The van der Waals surface area contributed by atoms with Crippen molar-refractivity contribution in [2.45, 2.75) is 13.1 Å². The van der Waals surface area contributed by atoms with Gasteiger partial charge in [-0.1, -0.05) is 23.6 Å². The molecule has 0 aliphatic carbocycles. The van der Waals surface area contributed by atoms with Crippen LogP contribution in [0.4, 0.5) is 19.0 Å². The highest BCUT2D eigenvalue weighted by Gasteiger charge is 2.33. The molecule has 0 saturated heterocycles. The fraction of sp³-hybridized carbons (Fsp3) is 0.273. The van der Waals surface area contributed by atoms with Crippen molar-refractivity contribution >= 4 is 22.7 Å². The fourth-order valence-electron chi connectivity index (χ4n) is 1.05. The zero-order valence-electron chi connectivity index (χ0n) is 9.34. The molecule has 2 N–H and O–H groups in total. The van der Waals surface area contributed by atoms with Crippen LogP contribution in [0.3, 0.4) is 0 Å². The van der Waals surface area contributed by atoms with Gasteiger partial charge in [-0.2, -0.15) is 13.2 Å². The molecule has 1 aromatic rings. The lowest BCUT2D eigenvalue weighted by molar-refractivity contribution is -0.137. The topological polar surface area (TPSA) is 56.0 Å². The minimum atomic E-state index is -4.55. The first-order valence-electron chi connectivity index (χ1n) is 4.75. The molecule has 0 bridgehead atoms. The largest absolute Gasteiger partial charge is 0.419 e. The van der Waals surface area contributed by atoms with E-state index in [0.717, 1.165) is 24.0 Å². The lowest BCUT2D eigenvalue weighted by Crippen LogP contribution is -2.10. The predicted molar refractivity (Wildman–Crippen MR) is 63.7 cm³/mol. The average Bonchev–Trinajstić information content (AvgIpc) is 2.24. The first-order valence-corrected chi connectivity index (χ1v) is 5.74. The van der Waals surface area contributed by atoms with E-state index in [9.17, 15) is 18.0 Å². The summed E-state index contributed by atoms with van der Waals surface area (Å²) in [5.74, 6) is 4.72. The number of carbonyl (C=O) groups is 1. The number of nitrogen functional groups attached to an aromatic ring is 1. The van der Waals surface area contributed by atoms with Crippen LogP contribution in [0, 0.1) is 11.8 Å². The number of nitrogens with zero attached hydrogens (tertiary/aromatic N) is 1. The molecule has 7 heteroatoms. The summed E-state index contributed by atoms with van der Waals surface area (Å²) in [6.45, 7) is 1.39. The number of pyridine rings is 1. The molecular weight excluding hydrogens is 265 g/mol. The Morgan fingerprint density at radius 2 is 2.22 bits per heavy atom. The Hall–Kier alpha value is -1.68. The number of alkyl halides is 3. The number of halogens is 3. The highest BCUT2D eigenvalue weighted by Crippen LogP contribution is 2.32. The van der Waals surface area contributed by atoms with Gasteiger partial charge in [-0.05, 0) is 6.07 Å². The van der Waals surface area contributed by atoms with Gasteiger partial charge in [0, 0.05) is 18.7 Å². The smallest absolute Gasteiger partial charge is 0.383 e. The highest BCUT2D eigenvalue weighted by molar-refractivity contribution is 8.13. The van der Waals surface area contributed by atoms with E-state index in [1.54, 1.807) is 0 Å². The Kier molecular flexibility index (Phi) is 4.62. The second-order valence-electron chi connectivity index (χ2n) is 3.24. The monoisotopic (exact) mass is 274 g/mol. The quantitative estimate of drug-likeness (QED) is 0.798. The maximum absolute atomic E-state index is 12.5. The molecule has 0 aromatic carbocycles. The molecule has 1 rings (SSSR count). The summed E-state index contributed by atoms with van der Waals surface area (Å²) >= 11 is 0.984. The second-order valence-corrected chi connectivity index (χ2v) is 4.39. The second kappa shape index (κ2) is 5.78. The molecule has 0 amide bonds. The van der Waals surface area contributed by atoms with Crippen molar-refractivity contribution in [1.29, 1.82) is 0 Å². The van der Waals surface area contributed by atoms with E-state index in [2.05, 4.69) is 16.8 Å². The third kappa shape index (κ3) is 4.30. The van der Waals surface area contributed by atoms with Gasteiger partial charge in [-0.25, -0.2) is 4.98 Å². The molecule has 1 heterocycles. The van der Waals surface area contributed by atoms with E-state index < -0.39 is 17.6 Å². The van der Waals surface area contributed by atoms with E-state index in [-0.39, 0.29) is 16.4 Å². The summed E-state index contributed by atoms with van der Waals surface area (Å²) in [5, 5.41) is -0.101. The third-order valence-corrected chi connectivity index (χ3v) is 2.50. The molecule has 0 unspecified atom stereocenters. The Morgan fingerprint density at radius 1 is 1.56 bits per heavy atom. The zero-order chi connectivity index (χ0) is 13.8. The molecule has 0 saturated carbocycles. The van der Waals surface area contributed by atoms with E-state index in [1.165, 1.54) is 6.92 Å². The molecule has 3 nitrogen and oxygen atoms in total. The van der Waals surface area contributed by atoms with Crippen LogP contribution in [0.2, 0.25) is 0 Å². The summed E-state index contributed by atoms with van der Waals surface area (Å²) in [6, 6.07) is 0.841. The number of rotatable bonds is 1. The number of thioether (sulfide) groups is 1. The first kappa shape index (κ1) is 14.4. The Bertz CT molecular complexity index is 517. The Labute approximate surface area is 106 Å². The van der Waals surface area contributed by atoms with Crippen LogP contribution in [0.1, 0.15) is 18.1 Å². The number of anilines is 1. The van der Waals surface area contributed by atoms with Gasteiger partial charge < -0.3 is 5.73 Å². The molecule has 0 spiro atoms. The van der Waals surface area contributed by atoms with Gasteiger partial charge in [0.25, 0.3) is 0 Å². The van der Waals surface area contributed by atoms with Crippen LogP contribution in [0.5, 0.6) is 0 Å². The van der Waals surface area contributed by atoms with Crippen LogP contribution < -0.4 is 5.73 Å². The minimum absolute atomic E-state index is 0.101. The normalized spacial score (nSPS) is 10.7. The maximum atomic E-state index is 12.5. The van der Waals surface area contributed by atoms with Gasteiger partial charge in [-0.3, -0.25) is 4.79 Å². The number of carbonyl (C=O) groups excluding carboxylic acids is 1. The van der Waals surface area contributed by atoms with E-state index in [1.807, 2.05) is 0 Å². The van der Waals surface area contributed by atoms with Crippen LogP contribution in [-0.2, 0) is 11.0 Å². The Morgan fingerprint density at radius 3 is 2.78 bits per heavy atom. The summed E-state index contributed by atoms with van der Waals surface area (Å²) in [5.41, 5.74) is 4.25. The van der Waals surface area contributed by atoms with Crippen LogP contribution in [0.15, 0.2) is 12.3 Å². The number of nitrogens with two attached hydrogens (primary N) is 1. The molecule has 18 heavy (non-hydrogen) atoms. The first-order chi connectivity index (χ1) is 8.30. The summed E-state index contributed by atoms with van der Waals surface area (Å²) in [4.78, 5) is 14.0. The van der Waals surface area contributed by atoms with Gasteiger partial charge >= 0.3 is 6.18 Å². The molecular formula is C11H9F3N2OS. The zero-order valence-corrected chi connectivity index (χ0v) is 10.2. The Balaban J connectivity index is 2.89. The van der Waals surface area contributed by atoms with E-state index in [4.69, 9.17) is 5.73 Å². The summed E-state index contributed by atoms with van der Waals surface area (Å²) < 4.78 is 37.5. The lowest BCUT2D eigenvalue weighted by atomic mass is 10.2. The molecule has 96 valence electrons. The molecule has 1 aromatic heterocycles. The van der Waals surface area contributed by atoms with E-state index >= 15 is 0 Å². The van der Waals surface area contributed by atoms with E-state index in [0.29, 0.717) is 0 Å². The highest BCUT2D eigenvalue weighted by atomic mass is 32.2. The van der Waals surface area contributed by atoms with Crippen molar-refractivity contribution in [2.24, 2.45) is 0 Å². The third-order valence-electron chi connectivity index (χ3n) is 1.80. The van der Waals surface area contributed by atoms with Crippen molar-refractivity contribution in [3.63, 3.8) is 0 Å². The van der Waals surface area contributed by atoms with Crippen molar-refractivity contribution < 1.29 is 18.0 Å². The van der Waals surface area contributed by atoms with Gasteiger partial charge in [0.15, 0.2) is 5.12 Å². The number of aromatic nitrogens is 1. The maximum Gasteiger partial charge on any atom is 0.419 e. The van der Waals surface area contributed by atoms with Gasteiger partial charge in [0.05, 0.1) is 11.3 Å². The molecule has 0 fully saturated rings. The fourth-order valence-corrected chi connectivity index (χ4v) is 1.39. The van der Waals surface area contributed by atoms with Crippen LogP contribution >= 0.6 is 11.8 Å². The van der Waals surface area contributed by atoms with Gasteiger partial charge in [0.2, 0.25) is 0 Å². The molecule has 0 aliphatic heterocycles. The van der Waals surface area contributed by atoms with Gasteiger partial charge in [-0.15, -0.1) is 0 Å². The molecule has 0 radical (unpaired) electrons. The van der Waals surface area contributed by atoms with Crippen LogP contribution in [-0.4, -0.2) is 15.9 Å². The predicted octanol–water partition coefficient (Wildman–Crippen LogP) is 2.31. The summed E-state index contributed by atoms with van der Waals surface area (Å²) in [6.07, 6.45) is -3.39. The summed E-state index contributed by atoms with van der Waals surface area (Å²) in [7, 11) is 0. The van der Waals surface area contributed by atoms with Crippen LogP contribution in [0.25, 0.3) is 0 Å².